The van der Waals surface area contributed by atoms with E-state index >= 15 is 0 Å². The Labute approximate surface area is 140 Å². The molecular formula is C16H22ClN3OS. The van der Waals surface area contributed by atoms with Crippen LogP contribution in [0.15, 0.2) is 18.2 Å². The van der Waals surface area contributed by atoms with Crippen molar-refractivity contribution in [2.75, 3.05) is 5.32 Å². The Hall–Kier alpha value is -1.17. The van der Waals surface area contributed by atoms with Crippen molar-refractivity contribution in [3.05, 3.63) is 23.2 Å². The van der Waals surface area contributed by atoms with E-state index in [0.717, 1.165) is 22.3 Å². The average molecular weight is 340 g/mol. The van der Waals surface area contributed by atoms with E-state index in [0.29, 0.717) is 12.3 Å². The van der Waals surface area contributed by atoms with E-state index in [2.05, 4.69) is 10.3 Å². The molecule has 3 N–H and O–H groups in total. The molecule has 1 atom stereocenters. The van der Waals surface area contributed by atoms with Gasteiger partial charge in [-0.25, -0.2) is 4.98 Å². The van der Waals surface area contributed by atoms with E-state index < -0.39 is 5.54 Å². The molecule has 1 aliphatic rings. The monoisotopic (exact) mass is 339 g/mol. The summed E-state index contributed by atoms with van der Waals surface area (Å²) in [5, 5.41) is 4.15. The molecule has 1 aromatic heterocycles. The minimum atomic E-state index is -0.823. The maximum absolute atomic E-state index is 12.2. The second-order valence-electron chi connectivity index (χ2n) is 6.13. The van der Waals surface area contributed by atoms with Crippen LogP contribution in [-0.2, 0) is 4.79 Å². The first-order valence-electron chi connectivity index (χ1n) is 7.50. The number of anilines is 1. The molecule has 2 aromatic rings. The van der Waals surface area contributed by atoms with Gasteiger partial charge in [0.1, 0.15) is 0 Å². The maximum atomic E-state index is 12.2. The van der Waals surface area contributed by atoms with Crippen molar-refractivity contribution in [3.63, 3.8) is 0 Å². The van der Waals surface area contributed by atoms with E-state index in [4.69, 9.17) is 5.73 Å². The normalized spacial score (nSPS) is 16.9. The lowest BCUT2D eigenvalue weighted by molar-refractivity contribution is -0.120. The lowest BCUT2D eigenvalue weighted by Crippen LogP contribution is -2.48. The Morgan fingerprint density at radius 2 is 2.23 bits per heavy atom. The number of benzene rings is 1. The number of nitrogens with one attached hydrogen (secondary N) is 1. The zero-order chi connectivity index (χ0) is 15.0. The standard InChI is InChI=1S/C16H21N3OS.ClH/c1-3-8-16(2,17)15(20)18-11-6-7-12-13(9-11)21-14(19-12)10-4-5-10;/h6-7,9-10H,3-5,8,17H2,1-2H3,(H,18,20);1H. The highest BCUT2D eigenvalue weighted by Crippen LogP contribution is 2.43. The molecule has 0 bridgehead atoms. The summed E-state index contributed by atoms with van der Waals surface area (Å²) in [6.45, 7) is 3.81. The molecule has 0 saturated heterocycles. The van der Waals surface area contributed by atoms with Gasteiger partial charge in [0.25, 0.3) is 0 Å². The van der Waals surface area contributed by atoms with Gasteiger partial charge in [-0.1, -0.05) is 13.3 Å². The zero-order valence-corrected chi connectivity index (χ0v) is 14.5. The van der Waals surface area contributed by atoms with Crippen LogP contribution in [0.3, 0.4) is 0 Å². The lowest BCUT2D eigenvalue weighted by Gasteiger charge is -2.22. The highest BCUT2D eigenvalue weighted by atomic mass is 35.5. The number of nitrogens with two attached hydrogens (primary N) is 1. The number of halogens is 1. The molecule has 1 amide bonds. The quantitative estimate of drug-likeness (QED) is 0.863. The van der Waals surface area contributed by atoms with Gasteiger partial charge >= 0.3 is 0 Å². The van der Waals surface area contributed by atoms with E-state index in [1.807, 2.05) is 25.1 Å². The molecule has 1 fully saturated rings. The number of thiazole rings is 1. The molecule has 6 heteroatoms. The van der Waals surface area contributed by atoms with Crippen molar-refractivity contribution in [3.8, 4) is 0 Å². The van der Waals surface area contributed by atoms with Gasteiger partial charge in [-0.3, -0.25) is 4.79 Å². The summed E-state index contributed by atoms with van der Waals surface area (Å²) in [5.41, 5.74) is 7.05. The van der Waals surface area contributed by atoms with Gasteiger partial charge < -0.3 is 11.1 Å². The van der Waals surface area contributed by atoms with Crippen molar-refractivity contribution in [2.24, 2.45) is 5.73 Å². The highest BCUT2D eigenvalue weighted by Gasteiger charge is 2.28. The Morgan fingerprint density at radius 1 is 1.50 bits per heavy atom. The summed E-state index contributed by atoms with van der Waals surface area (Å²) in [6, 6.07) is 5.87. The predicted octanol–water partition coefficient (Wildman–Crippen LogP) is 4.05. The molecule has 22 heavy (non-hydrogen) atoms. The second kappa shape index (κ2) is 6.52. The molecule has 1 saturated carbocycles. The fraction of sp³-hybridized carbons (Fsp3) is 0.500. The van der Waals surface area contributed by atoms with Gasteiger partial charge in [0.2, 0.25) is 5.91 Å². The number of fused-ring (bicyclic) bond motifs is 1. The molecule has 1 aromatic carbocycles. The fourth-order valence-electron chi connectivity index (χ4n) is 2.43. The third kappa shape index (κ3) is 3.59. The van der Waals surface area contributed by atoms with Crippen LogP contribution in [0.1, 0.15) is 50.5 Å². The van der Waals surface area contributed by atoms with Crippen molar-refractivity contribution in [2.45, 2.75) is 51.0 Å². The molecule has 1 aliphatic carbocycles. The fourth-order valence-corrected chi connectivity index (χ4v) is 3.61. The molecule has 3 rings (SSSR count). The average Bonchev–Trinajstić information content (AvgIpc) is 3.19. The summed E-state index contributed by atoms with van der Waals surface area (Å²) in [5.74, 6) is 0.535. The van der Waals surface area contributed by atoms with Crippen molar-refractivity contribution < 1.29 is 4.79 Å². The van der Waals surface area contributed by atoms with Gasteiger partial charge in [0.15, 0.2) is 0 Å². The van der Waals surface area contributed by atoms with Crippen LogP contribution in [0.4, 0.5) is 5.69 Å². The van der Waals surface area contributed by atoms with Gasteiger partial charge in [-0.15, -0.1) is 23.7 Å². The zero-order valence-electron chi connectivity index (χ0n) is 12.9. The van der Waals surface area contributed by atoms with Crippen LogP contribution in [-0.4, -0.2) is 16.4 Å². The first-order valence-corrected chi connectivity index (χ1v) is 8.32. The summed E-state index contributed by atoms with van der Waals surface area (Å²) in [6.07, 6.45) is 4.07. The number of aromatic nitrogens is 1. The predicted molar refractivity (Wildman–Crippen MR) is 95.0 cm³/mol. The number of hydrogen-bond donors (Lipinski definition) is 2. The summed E-state index contributed by atoms with van der Waals surface area (Å²) in [7, 11) is 0. The largest absolute Gasteiger partial charge is 0.324 e. The number of carbonyl (C=O) groups is 1. The van der Waals surface area contributed by atoms with Crippen LogP contribution in [0.5, 0.6) is 0 Å². The number of hydrogen-bond acceptors (Lipinski definition) is 4. The molecule has 4 nitrogen and oxygen atoms in total. The molecule has 0 radical (unpaired) electrons. The van der Waals surface area contributed by atoms with E-state index in [1.165, 1.54) is 17.8 Å². The number of rotatable bonds is 5. The van der Waals surface area contributed by atoms with Crippen LogP contribution in [0.2, 0.25) is 0 Å². The first kappa shape index (κ1) is 17.2. The van der Waals surface area contributed by atoms with Gasteiger partial charge in [0.05, 0.1) is 20.8 Å². The topological polar surface area (TPSA) is 68.0 Å². The van der Waals surface area contributed by atoms with Crippen molar-refractivity contribution in [1.82, 2.24) is 4.98 Å². The Kier molecular flexibility index (Phi) is 5.10. The third-order valence-corrected chi connectivity index (χ3v) is 5.06. The van der Waals surface area contributed by atoms with Gasteiger partial charge in [0, 0.05) is 11.6 Å². The Balaban J connectivity index is 0.00000176. The molecule has 1 heterocycles. The van der Waals surface area contributed by atoms with E-state index in [9.17, 15) is 4.79 Å². The second-order valence-corrected chi connectivity index (χ2v) is 7.19. The first-order chi connectivity index (χ1) is 9.99. The van der Waals surface area contributed by atoms with Crippen molar-refractivity contribution in [1.29, 1.82) is 0 Å². The summed E-state index contributed by atoms with van der Waals surface area (Å²) in [4.78, 5) is 16.9. The maximum Gasteiger partial charge on any atom is 0.244 e. The minimum absolute atomic E-state index is 0. The highest BCUT2D eigenvalue weighted by molar-refractivity contribution is 7.18. The molecule has 0 aliphatic heterocycles. The number of carbonyl (C=O) groups excluding carboxylic acids is 1. The van der Waals surface area contributed by atoms with Gasteiger partial charge in [-0.05, 0) is 44.4 Å². The van der Waals surface area contributed by atoms with E-state index in [1.54, 1.807) is 18.3 Å². The SMILES string of the molecule is CCCC(C)(N)C(=O)Nc1ccc2nc(C3CC3)sc2c1.Cl. The van der Waals surface area contributed by atoms with Crippen LogP contribution in [0, 0.1) is 0 Å². The Bertz CT molecular complexity index is 679. The van der Waals surface area contributed by atoms with Crippen LogP contribution >= 0.6 is 23.7 Å². The summed E-state index contributed by atoms with van der Waals surface area (Å²) >= 11 is 1.73. The Morgan fingerprint density at radius 3 is 2.86 bits per heavy atom. The molecule has 0 spiro atoms. The third-order valence-electron chi connectivity index (χ3n) is 3.88. The van der Waals surface area contributed by atoms with Crippen molar-refractivity contribution >= 4 is 45.6 Å². The van der Waals surface area contributed by atoms with Gasteiger partial charge in [-0.2, -0.15) is 0 Å². The van der Waals surface area contributed by atoms with Crippen LogP contribution < -0.4 is 11.1 Å². The smallest absolute Gasteiger partial charge is 0.244 e. The molecule has 1 unspecified atom stereocenters. The van der Waals surface area contributed by atoms with Crippen LogP contribution in [0.25, 0.3) is 10.2 Å². The molecule has 120 valence electrons. The minimum Gasteiger partial charge on any atom is -0.324 e. The number of nitrogens with zero attached hydrogens (tertiary/aromatic N) is 1. The number of amides is 1. The lowest BCUT2D eigenvalue weighted by atomic mass is 9.96. The van der Waals surface area contributed by atoms with E-state index in [-0.39, 0.29) is 18.3 Å². The molecular weight excluding hydrogens is 318 g/mol. The summed E-state index contributed by atoms with van der Waals surface area (Å²) < 4.78 is 1.13.